The molecule has 0 saturated carbocycles. The topological polar surface area (TPSA) is 49.8 Å². The Labute approximate surface area is 128 Å². The lowest BCUT2D eigenvalue weighted by molar-refractivity contribution is -0.0327. The van der Waals surface area contributed by atoms with E-state index in [4.69, 9.17) is 0 Å². The number of hydrogen-bond donors (Lipinski definition) is 2. The summed E-state index contributed by atoms with van der Waals surface area (Å²) in [7, 11) is 0. The predicted molar refractivity (Wildman–Crippen MR) is 83.3 cm³/mol. The second-order valence-corrected chi connectivity index (χ2v) is 6.62. The van der Waals surface area contributed by atoms with Crippen molar-refractivity contribution in [1.29, 1.82) is 0 Å². The highest BCUT2D eigenvalue weighted by molar-refractivity contribution is 8.00. The van der Waals surface area contributed by atoms with Crippen LogP contribution in [0.3, 0.4) is 0 Å². The Morgan fingerprint density at radius 2 is 2.05 bits per heavy atom. The monoisotopic (exact) mass is 336 g/mol. The Morgan fingerprint density at radius 3 is 2.71 bits per heavy atom. The molecular formula is C12H15F3N4S2. The van der Waals surface area contributed by atoms with Crippen LogP contribution in [0.1, 0.15) is 11.8 Å². The molecule has 2 N–H and O–H groups in total. The van der Waals surface area contributed by atoms with Gasteiger partial charge in [-0.15, -0.1) is 11.3 Å². The van der Waals surface area contributed by atoms with Gasteiger partial charge in [0.15, 0.2) is 0 Å². The van der Waals surface area contributed by atoms with Crippen LogP contribution in [-0.2, 0) is 0 Å². The maximum absolute atomic E-state index is 12.1. The smallest absolute Gasteiger partial charge is 0.369 e. The van der Waals surface area contributed by atoms with E-state index >= 15 is 0 Å². The summed E-state index contributed by atoms with van der Waals surface area (Å²) in [5.41, 5.74) is -4.20. The van der Waals surface area contributed by atoms with Gasteiger partial charge >= 0.3 is 5.51 Å². The molecule has 2 heterocycles. The van der Waals surface area contributed by atoms with E-state index in [2.05, 4.69) is 20.6 Å². The number of aromatic nitrogens is 2. The molecule has 0 bridgehead atoms. The molecule has 0 amide bonds. The third kappa shape index (κ3) is 4.63. The van der Waals surface area contributed by atoms with Crippen molar-refractivity contribution in [1.82, 2.24) is 9.97 Å². The van der Waals surface area contributed by atoms with E-state index in [9.17, 15) is 13.2 Å². The lowest BCUT2D eigenvalue weighted by Gasteiger charge is -2.10. The van der Waals surface area contributed by atoms with Crippen LogP contribution in [0.4, 0.5) is 24.9 Å². The van der Waals surface area contributed by atoms with E-state index in [1.807, 2.05) is 19.9 Å². The zero-order valence-corrected chi connectivity index (χ0v) is 13.2. The molecule has 0 unspecified atom stereocenters. The van der Waals surface area contributed by atoms with Gasteiger partial charge in [0.25, 0.3) is 0 Å². The number of nitrogens with zero attached hydrogens (tertiary/aromatic N) is 2. The number of rotatable bonds is 6. The quantitative estimate of drug-likeness (QED) is 0.778. The summed E-state index contributed by atoms with van der Waals surface area (Å²) in [4.78, 5) is 10.6. The van der Waals surface area contributed by atoms with Gasteiger partial charge in [-0.05, 0) is 31.7 Å². The van der Waals surface area contributed by atoms with E-state index in [1.54, 1.807) is 0 Å². The maximum Gasteiger partial charge on any atom is 0.441 e. The first-order valence-corrected chi connectivity index (χ1v) is 8.16. The molecule has 2 aromatic rings. The van der Waals surface area contributed by atoms with Crippen LogP contribution in [0.5, 0.6) is 0 Å². The molecule has 0 aliphatic heterocycles. The molecule has 0 atom stereocenters. The van der Waals surface area contributed by atoms with Gasteiger partial charge in [-0.2, -0.15) is 18.2 Å². The third-order valence-electron chi connectivity index (χ3n) is 2.51. The van der Waals surface area contributed by atoms with Crippen LogP contribution < -0.4 is 10.6 Å². The molecule has 21 heavy (non-hydrogen) atoms. The first-order chi connectivity index (χ1) is 9.89. The largest absolute Gasteiger partial charge is 0.441 e. The normalized spacial score (nSPS) is 11.9. The van der Waals surface area contributed by atoms with Crippen LogP contribution in [0, 0.1) is 6.92 Å². The Bertz CT molecular complexity index is 612. The molecular weight excluding hydrogens is 321 g/mol. The highest BCUT2D eigenvalue weighted by Crippen LogP contribution is 2.31. The van der Waals surface area contributed by atoms with E-state index in [-0.39, 0.29) is 24.1 Å². The summed E-state index contributed by atoms with van der Waals surface area (Å²) in [5, 5.41) is 6.83. The van der Waals surface area contributed by atoms with Gasteiger partial charge in [0.05, 0.1) is 5.39 Å². The lowest BCUT2D eigenvalue weighted by atomic mass is 10.3. The van der Waals surface area contributed by atoms with Gasteiger partial charge in [-0.25, -0.2) is 4.98 Å². The second kappa shape index (κ2) is 6.69. The molecule has 0 aliphatic carbocycles. The van der Waals surface area contributed by atoms with Crippen LogP contribution in [0.25, 0.3) is 10.2 Å². The van der Waals surface area contributed by atoms with Crippen molar-refractivity contribution in [2.45, 2.75) is 19.4 Å². The van der Waals surface area contributed by atoms with Crippen LogP contribution in [-0.4, -0.2) is 34.3 Å². The Hall–Kier alpha value is -1.22. The average molecular weight is 336 g/mol. The van der Waals surface area contributed by atoms with Gasteiger partial charge in [0, 0.05) is 23.7 Å². The van der Waals surface area contributed by atoms with Crippen molar-refractivity contribution < 1.29 is 13.2 Å². The summed E-state index contributed by atoms with van der Waals surface area (Å²) < 4.78 is 36.3. The highest BCUT2D eigenvalue weighted by Gasteiger charge is 2.27. The van der Waals surface area contributed by atoms with Crippen LogP contribution >= 0.6 is 23.1 Å². The number of thioether (sulfide) groups is 1. The first kappa shape index (κ1) is 16.2. The minimum atomic E-state index is -4.20. The zero-order chi connectivity index (χ0) is 15.5. The van der Waals surface area contributed by atoms with Crippen molar-refractivity contribution in [2.75, 3.05) is 29.5 Å². The second-order valence-electron chi connectivity index (χ2n) is 4.22. The van der Waals surface area contributed by atoms with E-state index in [0.29, 0.717) is 18.3 Å². The first-order valence-electron chi connectivity index (χ1n) is 6.35. The fourth-order valence-corrected chi connectivity index (χ4v) is 3.07. The number of nitrogens with one attached hydrogen (secondary N) is 2. The van der Waals surface area contributed by atoms with Gasteiger partial charge in [0.2, 0.25) is 5.95 Å². The Morgan fingerprint density at radius 1 is 1.29 bits per heavy atom. The summed E-state index contributed by atoms with van der Waals surface area (Å²) in [6.07, 6.45) is 0. The fourth-order valence-electron chi connectivity index (χ4n) is 1.75. The zero-order valence-electron chi connectivity index (χ0n) is 11.5. The molecule has 4 nitrogen and oxygen atoms in total. The SMILES string of the molecule is CCNc1nc(NCCSC(F)(F)F)c2cc(C)sc2n1. The summed E-state index contributed by atoms with van der Waals surface area (Å²) >= 11 is 1.49. The van der Waals surface area contributed by atoms with Crippen molar-refractivity contribution in [3.63, 3.8) is 0 Å². The predicted octanol–water partition coefficient (Wildman–Crippen LogP) is 4.10. The number of halogens is 3. The summed E-state index contributed by atoms with van der Waals surface area (Å²) in [6.45, 7) is 4.76. The molecule has 0 saturated heterocycles. The molecule has 0 aromatic carbocycles. The fraction of sp³-hybridized carbons (Fsp3) is 0.500. The van der Waals surface area contributed by atoms with E-state index in [0.717, 1.165) is 15.1 Å². The van der Waals surface area contributed by atoms with Crippen molar-refractivity contribution in [3.05, 3.63) is 10.9 Å². The molecule has 116 valence electrons. The third-order valence-corrected chi connectivity index (χ3v) is 4.19. The number of fused-ring (bicyclic) bond motifs is 1. The summed E-state index contributed by atoms with van der Waals surface area (Å²) in [6, 6.07) is 1.94. The minimum Gasteiger partial charge on any atom is -0.369 e. The number of anilines is 2. The molecule has 0 radical (unpaired) electrons. The van der Waals surface area contributed by atoms with E-state index < -0.39 is 5.51 Å². The minimum absolute atomic E-state index is 0.0410. The molecule has 9 heteroatoms. The maximum atomic E-state index is 12.1. The standard InChI is InChI=1S/C12H15F3N4S2/c1-3-16-11-18-9(17-4-5-20-12(13,14)15)8-6-7(2)21-10(8)19-11/h6H,3-5H2,1-2H3,(H2,16,17,18,19). The average Bonchev–Trinajstić information content (AvgIpc) is 2.74. The van der Waals surface area contributed by atoms with Crippen molar-refractivity contribution >= 4 is 45.1 Å². The van der Waals surface area contributed by atoms with Crippen molar-refractivity contribution in [2.24, 2.45) is 0 Å². The molecule has 2 rings (SSSR count). The number of alkyl halides is 3. The van der Waals surface area contributed by atoms with Gasteiger partial charge in [-0.1, -0.05) is 0 Å². The van der Waals surface area contributed by atoms with E-state index in [1.165, 1.54) is 11.3 Å². The highest BCUT2D eigenvalue weighted by atomic mass is 32.2. The Balaban J connectivity index is 2.13. The van der Waals surface area contributed by atoms with Gasteiger partial charge < -0.3 is 10.6 Å². The van der Waals surface area contributed by atoms with Gasteiger partial charge in [0.1, 0.15) is 10.6 Å². The number of hydrogen-bond acceptors (Lipinski definition) is 6. The van der Waals surface area contributed by atoms with Crippen LogP contribution in [0.2, 0.25) is 0 Å². The molecule has 0 aliphatic rings. The molecule has 0 fully saturated rings. The summed E-state index contributed by atoms with van der Waals surface area (Å²) in [5.74, 6) is 0.996. The van der Waals surface area contributed by atoms with Crippen LogP contribution in [0.15, 0.2) is 6.07 Å². The number of aryl methyl sites for hydroxylation is 1. The molecule has 0 spiro atoms. The number of thiophene rings is 1. The van der Waals surface area contributed by atoms with Gasteiger partial charge in [-0.3, -0.25) is 0 Å². The lowest BCUT2D eigenvalue weighted by Crippen LogP contribution is -2.11. The molecule has 2 aromatic heterocycles. The Kier molecular flexibility index (Phi) is 5.15. The van der Waals surface area contributed by atoms with Crippen molar-refractivity contribution in [3.8, 4) is 0 Å².